The molecule has 1 aliphatic heterocycles. The topological polar surface area (TPSA) is 62.5 Å². The fraction of sp³-hybridized carbons (Fsp3) is 0.211. The number of amides is 1. The molecule has 3 aromatic rings. The van der Waals surface area contributed by atoms with E-state index in [2.05, 4.69) is 15.3 Å². The van der Waals surface area contributed by atoms with Gasteiger partial charge < -0.3 is 10.2 Å². The molecule has 0 aliphatic carbocycles. The van der Waals surface area contributed by atoms with E-state index in [1.54, 1.807) is 6.07 Å². The number of carbonyl (C=O) groups is 1. The molecule has 6 nitrogen and oxygen atoms in total. The second-order valence-corrected chi connectivity index (χ2v) is 6.22. The van der Waals surface area contributed by atoms with Gasteiger partial charge in [-0.1, -0.05) is 18.2 Å². The molecule has 126 valence electrons. The van der Waals surface area contributed by atoms with Gasteiger partial charge in [0.1, 0.15) is 5.82 Å². The van der Waals surface area contributed by atoms with Gasteiger partial charge in [-0.05, 0) is 30.3 Å². The van der Waals surface area contributed by atoms with Crippen molar-refractivity contribution >= 4 is 28.3 Å². The first kappa shape index (κ1) is 15.4. The van der Waals surface area contributed by atoms with E-state index in [9.17, 15) is 4.79 Å². The van der Waals surface area contributed by atoms with E-state index >= 15 is 0 Å². The minimum absolute atomic E-state index is 0.284. The van der Waals surface area contributed by atoms with E-state index in [0.29, 0.717) is 11.2 Å². The maximum Gasteiger partial charge on any atom is 0.280 e. The standard InChI is InChI=1S/C19H19N5O/c1-23(2)14-7-5-6-13(12-14)18(25)22-19-21-16-9-4-3-8-15(16)17-20-10-11-24(17)19/h3-9,12,20H,10-11H2,1-2H3. The maximum absolute atomic E-state index is 12.7. The van der Waals surface area contributed by atoms with Crippen LogP contribution in [0.2, 0.25) is 0 Å². The Kier molecular flexibility index (Phi) is 3.72. The third-order valence-corrected chi connectivity index (χ3v) is 4.33. The third kappa shape index (κ3) is 2.76. The lowest BCUT2D eigenvalue weighted by Crippen LogP contribution is -2.24. The van der Waals surface area contributed by atoms with Crippen molar-refractivity contribution in [2.24, 2.45) is 4.99 Å². The van der Waals surface area contributed by atoms with Gasteiger partial charge >= 0.3 is 0 Å². The molecular formula is C19H19N5O. The van der Waals surface area contributed by atoms with Gasteiger partial charge in [0, 0.05) is 43.8 Å². The van der Waals surface area contributed by atoms with Gasteiger partial charge in [0.05, 0.1) is 5.52 Å². The predicted octanol–water partition coefficient (Wildman–Crippen LogP) is 2.27. The smallest absolute Gasteiger partial charge is 0.280 e. The van der Waals surface area contributed by atoms with Crippen LogP contribution < -0.4 is 15.8 Å². The van der Waals surface area contributed by atoms with E-state index in [4.69, 9.17) is 0 Å². The molecule has 0 atom stereocenters. The van der Waals surface area contributed by atoms with Gasteiger partial charge in [-0.25, -0.2) is 4.98 Å². The summed E-state index contributed by atoms with van der Waals surface area (Å²) >= 11 is 0. The molecule has 1 aliphatic rings. The zero-order valence-corrected chi connectivity index (χ0v) is 14.2. The Morgan fingerprint density at radius 1 is 1.20 bits per heavy atom. The lowest BCUT2D eigenvalue weighted by molar-refractivity contribution is 0.0996. The van der Waals surface area contributed by atoms with E-state index < -0.39 is 0 Å². The van der Waals surface area contributed by atoms with Gasteiger partial charge in [0.15, 0.2) is 0 Å². The molecule has 1 aromatic heterocycles. The Hall–Kier alpha value is -3.15. The van der Waals surface area contributed by atoms with Crippen molar-refractivity contribution in [1.82, 2.24) is 9.55 Å². The van der Waals surface area contributed by atoms with Crippen LogP contribution in [0.15, 0.2) is 53.5 Å². The van der Waals surface area contributed by atoms with Gasteiger partial charge in [-0.3, -0.25) is 9.36 Å². The highest BCUT2D eigenvalue weighted by Gasteiger charge is 2.16. The van der Waals surface area contributed by atoms with Crippen molar-refractivity contribution in [2.45, 2.75) is 6.54 Å². The highest BCUT2D eigenvalue weighted by Crippen LogP contribution is 2.22. The number of hydrogen-bond acceptors (Lipinski definition) is 4. The van der Waals surface area contributed by atoms with Crippen LogP contribution in [0.4, 0.5) is 11.5 Å². The van der Waals surface area contributed by atoms with Crippen LogP contribution in [-0.4, -0.2) is 36.1 Å². The summed E-state index contributed by atoms with van der Waals surface area (Å²) in [6.07, 6.45) is 0. The largest absolute Gasteiger partial charge is 0.378 e. The Bertz CT molecular complexity index is 1040. The van der Waals surface area contributed by atoms with E-state index in [1.807, 2.05) is 66.0 Å². The average Bonchev–Trinajstić information content (AvgIpc) is 3.12. The number of rotatable bonds is 2. The van der Waals surface area contributed by atoms with Gasteiger partial charge in [-0.15, -0.1) is 0 Å². The normalized spacial score (nSPS) is 13.6. The fourth-order valence-corrected chi connectivity index (χ4v) is 3.03. The van der Waals surface area contributed by atoms with Crippen LogP contribution in [0.25, 0.3) is 10.9 Å². The number of nitrogens with zero attached hydrogens (tertiary/aromatic N) is 4. The average molecular weight is 333 g/mol. The first-order valence-corrected chi connectivity index (χ1v) is 8.23. The summed E-state index contributed by atoms with van der Waals surface area (Å²) in [7, 11) is 3.89. The number of para-hydroxylation sites is 1. The molecule has 2 heterocycles. The lowest BCUT2D eigenvalue weighted by Gasteiger charge is -2.12. The first-order chi connectivity index (χ1) is 12.1. The van der Waals surface area contributed by atoms with Crippen molar-refractivity contribution in [3.8, 4) is 0 Å². The monoisotopic (exact) mass is 333 g/mol. The maximum atomic E-state index is 12.7. The summed E-state index contributed by atoms with van der Waals surface area (Å²) < 4.78 is 1.97. The van der Waals surface area contributed by atoms with Gasteiger partial charge in [-0.2, -0.15) is 4.99 Å². The number of nitrogens with one attached hydrogen (secondary N) is 1. The number of anilines is 2. The summed E-state index contributed by atoms with van der Waals surface area (Å²) in [5, 5.41) is 4.41. The molecular weight excluding hydrogens is 314 g/mol. The Morgan fingerprint density at radius 2 is 2.04 bits per heavy atom. The summed E-state index contributed by atoms with van der Waals surface area (Å²) in [4.78, 5) is 23.5. The minimum Gasteiger partial charge on any atom is -0.378 e. The van der Waals surface area contributed by atoms with Crippen LogP contribution in [0.3, 0.4) is 0 Å². The van der Waals surface area contributed by atoms with Crippen LogP contribution >= 0.6 is 0 Å². The number of aromatic nitrogens is 2. The SMILES string of the molecule is CN(C)c1cccc(C(=O)N=c2nc3ccccc3c3n2CCN3)c1. The molecule has 0 bridgehead atoms. The molecule has 0 spiro atoms. The zero-order valence-electron chi connectivity index (χ0n) is 14.2. The molecule has 1 N–H and O–H groups in total. The minimum atomic E-state index is -0.284. The third-order valence-electron chi connectivity index (χ3n) is 4.33. The van der Waals surface area contributed by atoms with Crippen molar-refractivity contribution in [2.75, 3.05) is 30.9 Å². The Labute approximate surface area is 145 Å². The Balaban J connectivity index is 1.84. The van der Waals surface area contributed by atoms with Crippen molar-refractivity contribution in [1.29, 1.82) is 0 Å². The summed E-state index contributed by atoms with van der Waals surface area (Å²) in [5.74, 6) is 0.687. The second kappa shape index (κ2) is 6.05. The summed E-state index contributed by atoms with van der Waals surface area (Å²) in [5.41, 5.74) is 2.80. The number of carbonyl (C=O) groups excluding carboxylic acids is 1. The van der Waals surface area contributed by atoms with E-state index in [1.165, 1.54) is 0 Å². The number of fused-ring (bicyclic) bond motifs is 3. The van der Waals surface area contributed by atoms with Crippen LogP contribution in [0.1, 0.15) is 10.4 Å². The molecule has 0 unspecified atom stereocenters. The van der Waals surface area contributed by atoms with Crippen molar-refractivity contribution in [3.05, 3.63) is 59.7 Å². The highest BCUT2D eigenvalue weighted by molar-refractivity contribution is 5.96. The highest BCUT2D eigenvalue weighted by atomic mass is 16.1. The number of hydrogen-bond donors (Lipinski definition) is 1. The molecule has 1 amide bonds. The fourth-order valence-electron chi connectivity index (χ4n) is 3.03. The van der Waals surface area contributed by atoms with Crippen LogP contribution in [0.5, 0.6) is 0 Å². The molecule has 2 aromatic carbocycles. The number of benzene rings is 2. The molecule has 0 fully saturated rings. The summed E-state index contributed by atoms with van der Waals surface area (Å²) in [6, 6.07) is 15.3. The summed E-state index contributed by atoms with van der Waals surface area (Å²) in [6.45, 7) is 1.56. The quantitative estimate of drug-likeness (QED) is 0.781. The lowest BCUT2D eigenvalue weighted by atomic mass is 10.2. The van der Waals surface area contributed by atoms with Crippen LogP contribution in [0, 0.1) is 0 Å². The van der Waals surface area contributed by atoms with E-state index in [0.717, 1.165) is 35.5 Å². The predicted molar refractivity (Wildman–Crippen MR) is 98.9 cm³/mol. The molecule has 4 rings (SSSR count). The molecule has 25 heavy (non-hydrogen) atoms. The van der Waals surface area contributed by atoms with Crippen molar-refractivity contribution in [3.63, 3.8) is 0 Å². The molecule has 6 heteroatoms. The first-order valence-electron chi connectivity index (χ1n) is 8.23. The molecule has 0 saturated carbocycles. The van der Waals surface area contributed by atoms with Gasteiger partial charge in [0.2, 0.25) is 5.62 Å². The molecule has 0 radical (unpaired) electrons. The Morgan fingerprint density at radius 3 is 2.88 bits per heavy atom. The van der Waals surface area contributed by atoms with Gasteiger partial charge in [0.25, 0.3) is 5.91 Å². The van der Waals surface area contributed by atoms with Crippen LogP contribution in [-0.2, 0) is 6.54 Å². The zero-order chi connectivity index (χ0) is 17.4. The second-order valence-electron chi connectivity index (χ2n) is 6.22. The van der Waals surface area contributed by atoms with E-state index in [-0.39, 0.29) is 5.91 Å². The molecule has 0 saturated heterocycles. The van der Waals surface area contributed by atoms with Crippen molar-refractivity contribution < 1.29 is 4.79 Å².